The van der Waals surface area contributed by atoms with Gasteiger partial charge in [-0.3, -0.25) is 0 Å². The van der Waals surface area contributed by atoms with E-state index in [4.69, 9.17) is 0 Å². The van der Waals surface area contributed by atoms with Crippen molar-refractivity contribution in [1.82, 2.24) is 0 Å². The molecule has 20 heavy (non-hydrogen) atoms. The van der Waals surface area contributed by atoms with Gasteiger partial charge in [-0.15, -0.1) is 0 Å². The lowest BCUT2D eigenvalue weighted by Crippen LogP contribution is -1.94. The molecule has 0 aromatic heterocycles. The van der Waals surface area contributed by atoms with Gasteiger partial charge in [-0.1, -0.05) is 30.3 Å². The second-order valence-corrected chi connectivity index (χ2v) is 5.90. The van der Waals surface area contributed by atoms with E-state index in [9.17, 15) is 0 Å². The Labute approximate surface area is 122 Å². The molecule has 0 fully saturated rings. The van der Waals surface area contributed by atoms with E-state index in [-0.39, 0.29) is 0 Å². The lowest BCUT2D eigenvalue weighted by molar-refractivity contribution is 1.25. The summed E-state index contributed by atoms with van der Waals surface area (Å²) in [7, 11) is 0. The number of allylic oxidation sites excluding steroid dienone is 2. The predicted octanol–water partition coefficient (Wildman–Crippen LogP) is 5.42. The maximum absolute atomic E-state index is 2.34. The molecule has 0 aliphatic heterocycles. The van der Waals surface area contributed by atoms with Crippen LogP contribution >= 0.6 is 0 Å². The average Bonchev–Trinajstić information content (AvgIpc) is 2.75. The lowest BCUT2D eigenvalue weighted by Gasteiger charge is -2.13. The number of benzene rings is 2. The van der Waals surface area contributed by atoms with Gasteiger partial charge in [-0.2, -0.15) is 0 Å². The van der Waals surface area contributed by atoms with Gasteiger partial charge in [-0.25, -0.2) is 0 Å². The van der Waals surface area contributed by atoms with Crippen molar-refractivity contribution in [3.05, 3.63) is 75.7 Å². The summed E-state index contributed by atoms with van der Waals surface area (Å²) < 4.78 is 0. The summed E-state index contributed by atoms with van der Waals surface area (Å²) >= 11 is 0. The van der Waals surface area contributed by atoms with E-state index in [1.807, 2.05) is 0 Å². The zero-order valence-corrected chi connectivity index (χ0v) is 13.0. The molecule has 0 N–H and O–H groups in total. The summed E-state index contributed by atoms with van der Waals surface area (Å²) in [5, 5.41) is 0. The molecule has 0 atom stereocenters. The minimum Gasteiger partial charge on any atom is -0.0617 e. The van der Waals surface area contributed by atoms with Crippen LogP contribution in [0.2, 0.25) is 0 Å². The van der Waals surface area contributed by atoms with Crippen LogP contribution in [0.4, 0.5) is 0 Å². The molecule has 2 aromatic rings. The number of aryl methyl sites for hydroxylation is 2. The Balaban J connectivity index is 2.19. The zero-order valence-electron chi connectivity index (χ0n) is 13.0. The number of hydrogen-bond acceptors (Lipinski definition) is 0. The highest BCUT2D eigenvalue weighted by Crippen LogP contribution is 2.42. The highest BCUT2D eigenvalue weighted by atomic mass is 14.3. The molecule has 3 rings (SSSR count). The SMILES string of the molecule is CC1=C(c2ccc(C)c(C)c2C)[CH]c2cccc(C)c21. The fourth-order valence-electron chi connectivity index (χ4n) is 3.25. The van der Waals surface area contributed by atoms with Gasteiger partial charge < -0.3 is 0 Å². The molecule has 1 radical (unpaired) electrons. The molecule has 101 valence electrons. The molecule has 0 unspecified atom stereocenters. The van der Waals surface area contributed by atoms with Crippen LogP contribution in [-0.2, 0) is 0 Å². The van der Waals surface area contributed by atoms with Crippen LogP contribution in [-0.4, -0.2) is 0 Å². The lowest BCUT2D eigenvalue weighted by atomic mass is 9.92. The van der Waals surface area contributed by atoms with Crippen LogP contribution in [0.3, 0.4) is 0 Å². The van der Waals surface area contributed by atoms with Crippen LogP contribution in [0.1, 0.15) is 45.9 Å². The monoisotopic (exact) mass is 261 g/mol. The predicted molar refractivity (Wildman–Crippen MR) is 87.7 cm³/mol. The van der Waals surface area contributed by atoms with E-state index < -0.39 is 0 Å². The molecule has 1 aliphatic rings. The highest BCUT2D eigenvalue weighted by Gasteiger charge is 2.22. The van der Waals surface area contributed by atoms with Gasteiger partial charge in [0.15, 0.2) is 0 Å². The van der Waals surface area contributed by atoms with E-state index in [0.29, 0.717) is 0 Å². The molecule has 0 amide bonds. The van der Waals surface area contributed by atoms with Crippen molar-refractivity contribution in [1.29, 1.82) is 0 Å². The first kappa shape index (κ1) is 13.2. The first-order chi connectivity index (χ1) is 9.50. The summed E-state index contributed by atoms with van der Waals surface area (Å²) in [6.07, 6.45) is 2.34. The maximum atomic E-state index is 2.34. The van der Waals surface area contributed by atoms with E-state index in [2.05, 4.69) is 71.4 Å². The van der Waals surface area contributed by atoms with Crippen molar-refractivity contribution < 1.29 is 0 Å². The summed E-state index contributed by atoms with van der Waals surface area (Å²) in [6, 6.07) is 11.1. The Bertz CT molecular complexity index is 730. The van der Waals surface area contributed by atoms with Gasteiger partial charge >= 0.3 is 0 Å². The molecule has 0 heterocycles. The number of hydrogen-bond donors (Lipinski definition) is 0. The van der Waals surface area contributed by atoms with E-state index >= 15 is 0 Å². The minimum absolute atomic E-state index is 1.36. The molecular formula is C20H21. The van der Waals surface area contributed by atoms with Crippen LogP contribution in [0.15, 0.2) is 30.3 Å². The summed E-state index contributed by atoms with van der Waals surface area (Å²) in [4.78, 5) is 0. The Morgan fingerprint density at radius 2 is 1.45 bits per heavy atom. The highest BCUT2D eigenvalue weighted by molar-refractivity contribution is 6.02. The quantitative estimate of drug-likeness (QED) is 0.643. The van der Waals surface area contributed by atoms with E-state index in [1.165, 1.54) is 50.1 Å². The second-order valence-electron chi connectivity index (χ2n) is 5.90. The summed E-state index contributed by atoms with van der Waals surface area (Å²) in [6.45, 7) is 11.1. The molecule has 0 nitrogen and oxygen atoms in total. The van der Waals surface area contributed by atoms with Crippen LogP contribution in [0, 0.1) is 34.1 Å². The molecule has 0 spiro atoms. The van der Waals surface area contributed by atoms with Crippen molar-refractivity contribution in [3.8, 4) is 0 Å². The summed E-state index contributed by atoms with van der Waals surface area (Å²) in [5.74, 6) is 0. The van der Waals surface area contributed by atoms with Gasteiger partial charge in [0, 0.05) is 6.42 Å². The molecule has 0 heteroatoms. The third-order valence-corrected chi connectivity index (χ3v) is 4.73. The Morgan fingerprint density at radius 3 is 2.15 bits per heavy atom. The Kier molecular flexibility index (Phi) is 3.05. The fourth-order valence-corrected chi connectivity index (χ4v) is 3.25. The average molecular weight is 261 g/mol. The zero-order chi connectivity index (χ0) is 14.4. The normalized spacial score (nSPS) is 13.8. The van der Waals surface area contributed by atoms with Gasteiger partial charge in [0.2, 0.25) is 0 Å². The topological polar surface area (TPSA) is 0 Å². The smallest absolute Gasteiger partial charge is 0.0214 e. The molecule has 0 saturated carbocycles. The first-order valence-electron chi connectivity index (χ1n) is 7.23. The largest absolute Gasteiger partial charge is 0.0617 e. The molecule has 2 aromatic carbocycles. The first-order valence-corrected chi connectivity index (χ1v) is 7.23. The van der Waals surface area contributed by atoms with Crippen molar-refractivity contribution in [2.75, 3.05) is 0 Å². The van der Waals surface area contributed by atoms with E-state index in [0.717, 1.165) is 0 Å². The summed E-state index contributed by atoms with van der Waals surface area (Å²) in [5.41, 5.74) is 12.5. The molecule has 0 saturated heterocycles. The van der Waals surface area contributed by atoms with Gasteiger partial charge in [-0.05, 0) is 84.7 Å². The van der Waals surface area contributed by atoms with Crippen LogP contribution < -0.4 is 0 Å². The third-order valence-electron chi connectivity index (χ3n) is 4.73. The number of rotatable bonds is 1. The molecule has 0 bridgehead atoms. The minimum atomic E-state index is 1.36. The van der Waals surface area contributed by atoms with Gasteiger partial charge in [0.05, 0.1) is 0 Å². The van der Waals surface area contributed by atoms with E-state index in [1.54, 1.807) is 0 Å². The maximum Gasteiger partial charge on any atom is 0.0214 e. The van der Waals surface area contributed by atoms with Crippen molar-refractivity contribution in [2.45, 2.75) is 34.6 Å². The van der Waals surface area contributed by atoms with Gasteiger partial charge in [0.1, 0.15) is 0 Å². The molecule has 1 aliphatic carbocycles. The standard InChI is InChI=1S/C20H21/c1-12-9-10-18(15(4)14(12)3)19-11-17-8-6-7-13(2)20(17)16(19)5/h6-11H,1-5H3. The Morgan fingerprint density at radius 1 is 0.700 bits per heavy atom. The Hall–Kier alpha value is -1.82. The van der Waals surface area contributed by atoms with Crippen molar-refractivity contribution in [2.24, 2.45) is 0 Å². The van der Waals surface area contributed by atoms with Crippen molar-refractivity contribution >= 4 is 11.1 Å². The van der Waals surface area contributed by atoms with Crippen LogP contribution in [0.25, 0.3) is 11.1 Å². The molecular weight excluding hydrogens is 240 g/mol. The van der Waals surface area contributed by atoms with Crippen LogP contribution in [0.5, 0.6) is 0 Å². The fraction of sp³-hybridized carbons (Fsp3) is 0.250. The van der Waals surface area contributed by atoms with Gasteiger partial charge in [0.25, 0.3) is 0 Å². The third kappa shape index (κ3) is 1.83. The number of fused-ring (bicyclic) bond motifs is 1. The van der Waals surface area contributed by atoms with Crippen molar-refractivity contribution in [3.63, 3.8) is 0 Å². The second kappa shape index (κ2) is 4.63.